The third-order valence-corrected chi connectivity index (χ3v) is 2.77. The minimum atomic E-state index is 0.432. The van der Waals surface area contributed by atoms with Gasteiger partial charge in [0.25, 0.3) is 4.84 Å². The van der Waals surface area contributed by atoms with Gasteiger partial charge in [0.1, 0.15) is 0 Å². The second-order valence-electron chi connectivity index (χ2n) is 3.87. The molecule has 0 aliphatic carbocycles. The number of aromatic amines is 1. The normalized spacial score (nSPS) is 10.3. The molecule has 2 aromatic heterocycles. The molecule has 0 aliphatic rings. The number of nitrogens with zero attached hydrogens (tertiary/aromatic N) is 1. The van der Waals surface area contributed by atoms with Gasteiger partial charge in [-0.25, -0.2) is 0 Å². The predicted molar refractivity (Wildman–Crippen MR) is 75.4 cm³/mol. The summed E-state index contributed by atoms with van der Waals surface area (Å²) in [6, 6.07) is 15.4. The zero-order valence-corrected chi connectivity index (χ0v) is 10.7. The fraction of sp³-hybridized carbons (Fsp3) is 0. The molecule has 1 N–H and O–H groups in total. The molecular formula is C14H10N2O2S. The fourth-order valence-electron chi connectivity index (χ4n) is 1.70. The summed E-state index contributed by atoms with van der Waals surface area (Å²) in [4.78, 5) is 3.34. The van der Waals surface area contributed by atoms with Gasteiger partial charge in [0, 0.05) is 5.39 Å². The molecule has 0 aliphatic heterocycles. The molecule has 0 atom stereocenters. The third kappa shape index (κ3) is 2.56. The Kier molecular flexibility index (Phi) is 3.12. The molecular weight excluding hydrogens is 260 g/mol. The molecule has 94 valence electrons. The van der Waals surface area contributed by atoms with E-state index in [1.165, 1.54) is 0 Å². The van der Waals surface area contributed by atoms with Crippen molar-refractivity contribution in [3.05, 3.63) is 59.6 Å². The molecule has 0 fully saturated rings. The predicted octanol–water partition coefficient (Wildman–Crippen LogP) is 4.32. The zero-order valence-electron chi connectivity index (χ0n) is 9.87. The van der Waals surface area contributed by atoms with E-state index in [0.717, 1.165) is 22.1 Å². The van der Waals surface area contributed by atoms with Crippen LogP contribution in [0.15, 0.2) is 63.7 Å². The van der Waals surface area contributed by atoms with Crippen molar-refractivity contribution in [3.8, 4) is 0 Å². The van der Waals surface area contributed by atoms with Crippen molar-refractivity contribution in [3.63, 3.8) is 0 Å². The first kappa shape index (κ1) is 11.7. The molecule has 19 heavy (non-hydrogen) atoms. The molecule has 4 aromatic rings. The molecule has 0 saturated carbocycles. The molecule has 0 spiro atoms. The topological polar surface area (TPSA) is 55.0 Å². The maximum absolute atomic E-state index is 5.13. The Morgan fingerprint density at radius 1 is 0.947 bits per heavy atom. The zero-order chi connectivity index (χ0) is 13.1. The lowest BCUT2D eigenvalue weighted by Crippen LogP contribution is -1.62. The SMILES string of the molecule is S=c1[nH]c2ccccc2o1.c1ccc2oncc2c1. The second kappa shape index (κ2) is 5.07. The Hall–Kier alpha value is -2.40. The highest BCUT2D eigenvalue weighted by Gasteiger charge is 1.93. The van der Waals surface area contributed by atoms with Crippen LogP contribution in [0.1, 0.15) is 0 Å². The molecule has 4 rings (SSSR count). The molecule has 0 amide bonds. The van der Waals surface area contributed by atoms with Crippen molar-refractivity contribution in [1.82, 2.24) is 10.1 Å². The number of hydrogen-bond acceptors (Lipinski definition) is 4. The minimum absolute atomic E-state index is 0.432. The second-order valence-corrected chi connectivity index (χ2v) is 4.25. The summed E-state index contributed by atoms with van der Waals surface area (Å²) < 4.78 is 10.00. The first-order valence-electron chi connectivity index (χ1n) is 5.70. The van der Waals surface area contributed by atoms with Crippen LogP contribution in [-0.2, 0) is 0 Å². The summed E-state index contributed by atoms with van der Waals surface area (Å²) in [6.45, 7) is 0. The van der Waals surface area contributed by atoms with Crippen LogP contribution in [0.5, 0.6) is 0 Å². The molecule has 4 nitrogen and oxygen atoms in total. The summed E-state index contributed by atoms with van der Waals surface area (Å²) in [6.07, 6.45) is 1.70. The number of aromatic nitrogens is 2. The van der Waals surface area contributed by atoms with Crippen LogP contribution in [0.2, 0.25) is 0 Å². The quantitative estimate of drug-likeness (QED) is 0.483. The Labute approximate surface area is 113 Å². The summed E-state index contributed by atoms with van der Waals surface area (Å²) in [5.74, 6) is 0. The fourth-order valence-corrected chi connectivity index (χ4v) is 1.90. The van der Waals surface area contributed by atoms with Gasteiger partial charge in [-0.2, -0.15) is 0 Å². The van der Waals surface area contributed by atoms with Gasteiger partial charge in [0.15, 0.2) is 11.2 Å². The molecule has 0 radical (unpaired) electrons. The van der Waals surface area contributed by atoms with Gasteiger partial charge in [-0.05, 0) is 36.5 Å². The van der Waals surface area contributed by atoms with Crippen LogP contribution in [0, 0.1) is 4.84 Å². The Morgan fingerprint density at radius 2 is 1.68 bits per heavy atom. The molecule has 5 heteroatoms. The van der Waals surface area contributed by atoms with E-state index in [9.17, 15) is 0 Å². The van der Waals surface area contributed by atoms with E-state index in [1.54, 1.807) is 6.20 Å². The monoisotopic (exact) mass is 270 g/mol. The number of rotatable bonds is 0. The smallest absolute Gasteiger partial charge is 0.266 e. The average molecular weight is 270 g/mol. The van der Waals surface area contributed by atoms with E-state index in [1.807, 2.05) is 48.5 Å². The van der Waals surface area contributed by atoms with Crippen LogP contribution in [0.25, 0.3) is 22.1 Å². The largest absolute Gasteiger partial charge is 0.429 e. The van der Waals surface area contributed by atoms with E-state index < -0.39 is 0 Å². The standard InChI is InChI=1S/C7H5NOS.C7H5NO/c10-7-8-5-3-1-2-4-6(5)9-7;1-2-4-7-6(3-1)5-8-9-7/h1-4H,(H,8,10);1-5H. The van der Waals surface area contributed by atoms with Gasteiger partial charge in [-0.1, -0.05) is 29.4 Å². The molecule has 2 heterocycles. The average Bonchev–Trinajstić information content (AvgIpc) is 3.03. The van der Waals surface area contributed by atoms with Crippen molar-refractivity contribution >= 4 is 34.3 Å². The van der Waals surface area contributed by atoms with E-state index in [-0.39, 0.29) is 0 Å². The van der Waals surface area contributed by atoms with Gasteiger partial charge in [0.2, 0.25) is 0 Å². The number of benzene rings is 2. The Morgan fingerprint density at radius 3 is 2.47 bits per heavy atom. The highest BCUT2D eigenvalue weighted by molar-refractivity contribution is 7.71. The number of oxazole rings is 1. The summed E-state index contributed by atoms with van der Waals surface area (Å²) in [5.41, 5.74) is 2.61. The molecule has 0 bridgehead atoms. The lowest BCUT2D eigenvalue weighted by molar-refractivity contribution is 0.456. The number of para-hydroxylation sites is 3. The van der Waals surface area contributed by atoms with Gasteiger partial charge in [-0.15, -0.1) is 0 Å². The van der Waals surface area contributed by atoms with Crippen LogP contribution in [0.3, 0.4) is 0 Å². The maximum Gasteiger partial charge on any atom is 0.266 e. The number of nitrogens with one attached hydrogen (secondary N) is 1. The summed E-state index contributed by atoms with van der Waals surface area (Å²) in [5, 5.41) is 4.68. The van der Waals surface area contributed by atoms with E-state index in [4.69, 9.17) is 21.2 Å². The van der Waals surface area contributed by atoms with E-state index in [0.29, 0.717) is 4.84 Å². The summed E-state index contributed by atoms with van der Waals surface area (Å²) in [7, 11) is 0. The molecule has 2 aromatic carbocycles. The van der Waals surface area contributed by atoms with E-state index >= 15 is 0 Å². The minimum Gasteiger partial charge on any atom is -0.429 e. The number of H-pyrrole nitrogens is 1. The van der Waals surface area contributed by atoms with Gasteiger partial charge in [0.05, 0.1) is 11.7 Å². The Bertz CT molecular complexity index is 794. The first-order chi connectivity index (χ1) is 9.33. The maximum atomic E-state index is 5.13. The highest BCUT2D eigenvalue weighted by atomic mass is 32.1. The van der Waals surface area contributed by atoms with Crippen molar-refractivity contribution in [2.45, 2.75) is 0 Å². The first-order valence-corrected chi connectivity index (χ1v) is 6.11. The van der Waals surface area contributed by atoms with E-state index in [2.05, 4.69) is 10.1 Å². The van der Waals surface area contributed by atoms with Gasteiger partial charge >= 0.3 is 0 Å². The Balaban J connectivity index is 0.000000117. The summed E-state index contributed by atoms with van der Waals surface area (Å²) >= 11 is 4.79. The molecule has 0 saturated heterocycles. The lowest BCUT2D eigenvalue weighted by Gasteiger charge is -1.80. The molecule has 0 unspecified atom stereocenters. The number of hydrogen-bond donors (Lipinski definition) is 1. The number of fused-ring (bicyclic) bond motifs is 2. The third-order valence-electron chi connectivity index (χ3n) is 2.59. The lowest BCUT2D eigenvalue weighted by atomic mass is 10.3. The van der Waals surface area contributed by atoms with Crippen molar-refractivity contribution in [1.29, 1.82) is 0 Å². The van der Waals surface area contributed by atoms with Crippen molar-refractivity contribution in [2.24, 2.45) is 0 Å². The van der Waals surface area contributed by atoms with Crippen LogP contribution in [0.4, 0.5) is 0 Å². The highest BCUT2D eigenvalue weighted by Crippen LogP contribution is 2.11. The van der Waals surface area contributed by atoms with Crippen LogP contribution >= 0.6 is 12.2 Å². The van der Waals surface area contributed by atoms with Crippen LogP contribution in [-0.4, -0.2) is 10.1 Å². The van der Waals surface area contributed by atoms with Crippen molar-refractivity contribution in [2.75, 3.05) is 0 Å². The van der Waals surface area contributed by atoms with Crippen molar-refractivity contribution < 1.29 is 8.94 Å². The van der Waals surface area contributed by atoms with Gasteiger partial charge in [-0.3, -0.25) is 0 Å². The van der Waals surface area contributed by atoms with Gasteiger partial charge < -0.3 is 13.9 Å². The van der Waals surface area contributed by atoms with Crippen LogP contribution < -0.4 is 0 Å².